The molecule has 2 aliphatic rings. The summed E-state index contributed by atoms with van der Waals surface area (Å²) in [5, 5.41) is 0.665. The number of rotatable bonds is 4. The molecule has 0 radical (unpaired) electrons. The number of methoxy groups -OCH3 is 1. The monoisotopic (exact) mass is 392 g/mol. The van der Waals surface area contributed by atoms with E-state index in [4.69, 9.17) is 21.1 Å². The Hall–Kier alpha value is -1.65. The first-order valence-electron chi connectivity index (χ1n) is 9.40. The van der Waals surface area contributed by atoms with E-state index in [9.17, 15) is 4.39 Å². The van der Waals surface area contributed by atoms with E-state index in [1.54, 1.807) is 7.11 Å². The average Bonchev–Trinajstić information content (AvgIpc) is 2.66. The predicted octanol–water partition coefficient (Wildman–Crippen LogP) is 5.55. The summed E-state index contributed by atoms with van der Waals surface area (Å²) in [4.78, 5) is 0. The highest BCUT2D eigenvalue weighted by molar-refractivity contribution is 6.30. The molecule has 0 unspecified atom stereocenters. The number of ether oxygens (including phenoxy) is 2. The zero-order valence-corrected chi connectivity index (χ0v) is 16.1. The number of halogens is 3. The molecule has 2 nitrogen and oxygen atoms in total. The van der Waals surface area contributed by atoms with E-state index in [-0.39, 0.29) is 23.4 Å². The maximum Gasteiger partial charge on any atom is 0.165 e. The van der Waals surface area contributed by atoms with E-state index >= 15 is 4.39 Å². The molecule has 0 spiro atoms. The quantitative estimate of drug-likeness (QED) is 0.678. The molecule has 2 aromatic rings. The Morgan fingerprint density at radius 2 is 1.89 bits per heavy atom. The van der Waals surface area contributed by atoms with Crippen LogP contribution in [-0.4, -0.2) is 20.3 Å². The molecule has 1 heterocycles. The topological polar surface area (TPSA) is 18.5 Å². The van der Waals surface area contributed by atoms with Gasteiger partial charge in [-0.05, 0) is 55.0 Å². The lowest BCUT2D eigenvalue weighted by molar-refractivity contribution is -0.00213. The second-order valence-corrected chi connectivity index (χ2v) is 8.15. The van der Waals surface area contributed by atoms with Crippen LogP contribution in [0.15, 0.2) is 36.4 Å². The predicted molar refractivity (Wildman–Crippen MR) is 101 cm³/mol. The Balaban J connectivity index is 1.86. The highest BCUT2D eigenvalue weighted by atomic mass is 35.5. The minimum Gasteiger partial charge on any atom is -0.490 e. The van der Waals surface area contributed by atoms with Gasteiger partial charge in [-0.25, -0.2) is 8.78 Å². The van der Waals surface area contributed by atoms with Crippen LogP contribution < -0.4 is 4.74 Å². The fourth-order valence-electron chi connectivity index (χ4n) is 5.12. The summed E-state index contributed by atoms with van der Waals surface area (Å²) in [6.45, 7) is 0.984. The van der Waals surface area contributed by atoms with Crippen LogP contribution in [0.2, 0.25) is 5.02 Å². The standard InChI is InChI=1S/C22H23ClF2O2/c1-26-12-15-3-2-10-22(11-14-4-6-16(23)7-5-14)17(15)13-27-21-19(25)9-8-18(24)20(21)22/h4-9,15,17H,2-3,10-13H2,1H3/t15-,17-,22-/m0/s1. The van der Waals surface area contributed by atoms with Crippen molar-refractivity contribution in [1.29, 1.82) is 0 Å². The lowest BCUT2D eigenvalue weighted by Gasteiger charge is -2.51. The van der Waals surface area contributed by atoms with Crippen molar-refractivity contribution in [3.05, 3.63) is 64.2 Å². The molecule has 2 aromatic carbocycles. The van der Waals surface area contributed by atoms with Crippen LogP contribution in [0.3, 0.4) is 0 Å². The highest BCUT2D eigenvalue weighted by Crippen LogP contribution is 2.55. The SMILES string of the molecule is COC[C@@H]1CCC[C@@]2(Cc3ccc(Cl)cc3)c3c(F)ccc(F)c3OC[C@@H]12. The highest BCUT2D eigenvalue weighted by Gasteiger charge is 2.52. The maximum absolute atomic E-state index is 15.0. The van der Waals surface area contributed by atoms with Crippen molar-refractivity contribution in [1.82, 2.24) is 0 Å². The van der Waals surface area contributed by atoms with Crippen LogP contribution in [0.25, 0.3) is 0 Å². The van der Waals surface area contributed by atoms with Gasteiger partial charge in [0.25, 0.3) is 0 Å². The van der Waals surface area contributed by atoms with Gasteiger partial charge < -0.3 is 9.47 Å². The van der Waals surface area contributed by atoms with Gasteiger partial charge in [0.15, 0.2) is 11.6 Å². The lowest BCUT2D eigenvalue weighted by Crippen LogP contribution is -2.51. The van der Waals surface area contributed by atoms with E-state index < -0.39 is 11.2 Å². The lowest BCUT2D eigenvalue weighted by atomic mass is 9.55. The number of fused-ring (bicyclic) bond motifs is 3. The van der Waals surface area contributed by atoms with Gasteiger partial charge >= 0.3 is 0 Å². The molecule has 1 saturated carbocycles. The van der Waals surface area contributed by atoms with Crippen molar-refractivity contribution in [3.63, 3.8) is 0 Å². The number of hydrogen-bond acceptors (Lipinski definition) is 2. The Morgan fingerprint density at radius 1 is 1.15 bits per heavy atom. The minimum atomic E-state index is -0.505. The van der Waals surface area contributed by atoms with Gasteiger partial charge in [-0.3, -0.25) is 0 Å². The third-order valence-corrected chi connectivity index (χ3v) is 6.51. The van der Waals surface area contributed by atoms with Crippen LogP contribution >= 0.6 is 11.6 Å². The molecule has 0 aromatic heterocycles. The van der Waals surface area contributed by atoms with Gasteiger partial charge in [0.05, 0.1) is 6.61 Å². The van der Waals surface area contributed by atoms with E-state index in [1.807, 2.05) is 24.3 Å². The second kappa shape index (κ2) is 7.40. The van der Waals surface area contributed by atoms with Gasteiger partial charge in [0.2, 0.25) is 0 Å². The Kier molecular flexibility index (Phi) is 5.13. The van der Waals surface area contributed by atoms with Crippen molar-refractivity contribution in [2.45, 2.75) is 31.1 Å². The molecular formula is C22H23ClF2O2. The fourth-order valence-corrected chi connectivity index (χ4v) is 5.25. The average molecular weight is 393 g/mol. The molecule has 0 N–H and O–H groups in total. The van der Waals surface area contributed by atoms with Crippen molar-refractivity contribution in [2.75, 3.05) is 20.3 Å². The zero-order valence-electron chi connectivity index (χ0n) is 15.3. The van der Waals surface area contributed by atoms with Gasteiger partial charge in [0.1, 0.15) is 5.82 Å². The number of benzene rings is 2. The normalized spacial score (nSPS) is 26.8. The molecule has 1 aliphatic heterocycles. The van der Waals surface area contributed by atoms with Gasteiger partial charge in [-0.2, -0.15) is 0 Å². The molecule has 27 heavy (non-hydrogen) atoms. The Bertz CT molecular complexity index is 822. The van der Waals surface area contributed by atoms with E-state index in [2.05, 4.69) is 0 Å². The first kappa shape index (κ1) is 18.7. The molecule has 1 aliphatic carbocycles. The second-order valence-electron chi connectivity index (χ2n) is 7.72. The van der Waals surface area contributed by atoms with Crippen LogP contribution in [0, 0.1) is 23.5 Å². The molecule has 3 atom stereocenters. The summed E-state index contributed by atoms with van der Waals surface area (Å²) in [5.41, 5.74) is 0.961. The van der Waals surface area contributed by atoms with Crippen LogP contribution in [0.5, 0.6) is 5.75 Å². The first-order chi connectivity index (χ1) is 13.0. The zero-order chi connectivity index (χ0) is 19.0. The van der Waals surface area contributed by atoms with E-state index in [0.717, 1.165) is 30.9 Å². The summed E-state index contributed by atoms with van der Waals surface area (Å²) in [6, 6.07) is 10.0. The van der Waals surface area contributed by atoms with Crippen LogP contribution in [0.1, 0.15) is 30.4 Å². The molecule has 144 valence electrons. The van der Waals surface area contributed by atoms with E-state index in [1.165, 1.54) is 6.07 Å². The molecular weight excluding hydrogens is 370 g/mol. The third-order valence-electron chi connectivity index (χ3n) is 6.25. The molecule has 0 bridgehead atoms. The van der Waals surface area contributed by atoms with Crippen molar-refractivity contribution in [2.24, 2.45) is 11.8 Å². The van der Waals surface area contributed by atoms with Gasteiger partial charge in [-0.1, -0.05) is 30.2 Å². The molecule has 5 heteroatoms. The largest absolute Gasteiger partial charge is 0.490 e. The summed E-state index contributed by atoms with van der Waals surface area (Å²) < 4.78 is 40.7. The molecule has 1 fully saturated rings. The summed E-state index contributed by atoms with van der Waals surface area (Å²) in [5.74, 6) is -0.465. The molecule has 0 amide bonds. The Labute approximate surface area is 163 Å². The van der Waals surface area contributed by atoms with Crippen molar-refractivity contribution < 1.29 is 18.3 Å². The number of hydrogen-bond donors (Lipinski definition) is 0. The first-order valence-corrected chi connectivity index (χ1v) is 9.77. The van der Waals surface area contributed by atoms with E-state index in [0.29, 0.717) is 30.2 Å². The summed E-state index contributed by atoms with van der Waals surface area (Å²) in [7, 11) is 1.69. The fraction of sp³-hybridized carbons (Fsp3) is 0.455. The maximum atomic E-state index is 15.0. The van der Waals surface area contributed by atoms with Crippen LogP contribution in [0.4, 0.5) is 8.78 Å². The van der Waals surface area contributed by atoms with Gasteiger partial charge in [-0.15, -0.1) is 0 Å². The van der Waals surface area contributed by atoms with Crippen molar-refractivity contribution >= 4 is 11.6 Å². The van der Waals surface area contributed by atoms with Gasteiger partial charge in [0, 0.05) is 35.6 Å². The third kappa shape index (κ3) is 3.23. The summed E-state index contributed by atoms with van der Waals surface area (Å²) >= 11 is 6.04. The molecule has 0 saturated heterocycles. The van der Waals surface area contributed by atoms with Crippen molar-refractivity contribution in [3.8, 4) is 5.75 Å². The smallest absolute Gasteiger partial charge is 0.165 e. The Morgan fingerprint density at radius 3 is 2.63 bits per heavy atom. The summed E-state index contributed by atoms with van der Waals surface area (Å²) in [6.07, 6.45) is 3.40. The molecule has 4 rings (SSSR count). The minimum absolute atomic E-state index is 0.0747. The van der Waals surface area contributed by atoms with Crippen LogP contribution in [-0.2, 0) is 16.6 Å².